The number of hydrogen-bond acceptors (Lipinski definition) is 8. The Hall–Kier alpha value is -7.31. The highest BCUT2D eigenvalue weighted by Gasteiger charge is 2.23. The summed E-state index contributed by atoms with van der Waals surface area (Å²) in [6.45, 7) is 0. The van der Waals surface area contributed by atoms with Gasteiger partial charge >= 0.3 is 0 Å². The molecule has 0 spiro atoms. The first-order valence-electron chi connectivity index (χ1n) is 17.0. The molecule has 0 saturated heterocycles. The van der Waals surface area contributed by atoms with Crippen molar-refractivity contribution in [1.82, 2.24) is 10.3 Å². The van der Waals surface area contributed by atoms with E-state index in [4.69, 9.17) is 4.42 Å². The van der Waals surface area contributed by atoms with Crippen molar-refractivity contribution in [3.05, 3.63) is 190 Å². The number of rotatable bonds is 12. The molecular weight excluding hydrogens is 715 g/mol. The van der Waals surface area contributed by atoms with Gasteiger partial charge in [-0.05, 0) is 102 Å². The van der Waals surface area contributed by atoms with Crippen LogP contribution in [0.25, 0.3) is 28.6 Å². The van der Waals surface area contributed by atoms with E-state index in [9.17, 15) is 24.5 Å². The molecule has 0 saturated carbocycles. The Kier molecular flexibility index (Phi) is 10.9. The first kappa shape index (κ1) is 36.1. The molecule has 0 aliphatic rings. The Bertz CT molecular complexity index is 2470. The fourth-order valence-electron chi connectivity index (χ4n) is 5.55. The summed E-state index contributed by atoms with van der Waals surface area (Å²) >= 11 is 1.35. The van der Waals surface area contributed by atoms with Crippen molar-refractivity contribution in [2.45, 2.75) is 10.1 Å². The minimum absolute atomic E-state index is 0.0659. The van der Waals surface area contributed by atoms with Crippen molar-refractivity contribution in [3.8, 4) is 11.5 Å². The van der Waals surface area contributed by atoms with Crippen LogP contribution in [-0.4, -0.2) is 27.6 Å². The molecule has 7 aromatic rings. The molecular formula is C43H31N5O6S. The predicted molar refractivity (Wildman–Crippen MR) is 213 cm³/mol. The largest absolute Gasteiger partial charge is 0.436 e. The van der Waals surface area contributed by atoms with Crippen LogP contribution in [0.15, 0.2) is 173 Å². The maximum absolute atomic E-state index is 13.8. The normalized spacial score (nSPS) is 11.7. The molecule has 6 aromatic carbocycles. The fraction of sp³-hybridized carbons (Fsp3) is 0.0233. The van der Waals surface area contributed by atoms with E-state index < -0.39 is 22.0 Å². The number of carbonyl (C=O) groups excluding carboxylic acids is 3. The van der Waals surface area contributed by atoms with Gasteiger partial charge in [-0.15, -0.1) is 11.8 Å². The van der Waals surface area contributed by atoms with Gasteiger partial charge in [-0.3, -0.25) is 24.5 Å². The number of carbonyl (C=O) groups is 3. The zero-order valence-corrected chi connectivity index (χ0v) is 29.7. The van der Waals surface area contributed by atoms with Crippen molar-refractivity contribution in [1.29, 1.82) is 0 Å². The van der Waals surface area contributed by atoms with Crippen molar-refractivity contribution in [2.24, 2.45) is 0 Å². The Balaban J connectivity index is 1.05. The molecule has 1 aromatic heterocycles. The number of benzene rings is 6. The maximum Gasteiger partial charge on any atom is 0.272 e. The smallest absolute Gasteiger partial charge is 0.272 e. The Morgan fingerprint density at radius 1 is 0.709 bits per heavy atom. The summed E-state index contributed by atoms with van der Waals surface area (Å²) < 4.78 is 5.88. The Morgan fingerprint density at radius 3 is 2.00 bits per heavy atom. The Labute approximate surface area is 319 Å². The molecule has 0 radical (unpaired) electrons. The first-order valence-corrected chi connectivity index (χ1v) is 17.9. The molecule has 0 bridgehead atoms. The quantitative estimate of drug-likeness (QED) is 0.0484. The van der Waals surface area contributed by atoms with Crippen molar-refractivity contribution >= 4 is 63.7 Å². The number of amides is 3. The highest BCUT2D eigenvalue weighted by atomic mass is 32.2. The summed E-state index contributed by atoms with van der Waals surface area (Å²) in [5, 5.41) is 19.0. The number of aromatic nitrogens is 1. The van der Waals surface area contributed by atoms with Crippen LogP contribution in [0.5, 0.6) is 0 Å². The van der Waals surface area contributed by atoms with Gasteiger partial charge in [0.25, 0.3) is 17.5 Å². The minimum Gasteiger partial charge on any atom is -0.436 e. The molecule has 1 unspecified atom stereocenters. The van der Waals surface area contributed by atoms with Crippen LogP contribution in [-0.2, 0) is 9.59 Å². The number of nitro benzene ring substituents is 1. The summed E-state index contributed by atoms with van der Waals surface area (Å²) in [5.74, 6) is -0.838. The molecule has 55 heavy (non-hydrogen) atoms. The average molecular weight is 746 g/mol. The molecule has 1 atom stereocenters. The van der Waals surface area contributed by atoms with Gasteiger partial charge in [0, 0.05) is 39.5 Å². The highest BCUT2D eigenvalue weighted by Crippen LogP contribution is 2.37. The summed E-state index contributed by atoms with van der Waals surface area (Å²) in [6, 6.07) is 45.3. The van der Waals surface area contributed by atoms with Crippen molar-refractivity contribution < 1.29 is 23.7 Å². The van der Waals surface area contributed by atoms with Gasteiger partial charge in [0.15, 0.2) is 5.58 Å². The standard InChI is InChI=1S/C43H31N5O6S/c49-40(30-11-5-2-6-12-30)46-37(27-28-15-23-34(24-16-28)48(52)53)41(50)44-33-21-25-35(26-22-33)55-39(29-9-3-1-4-10-29)42(51)45-32-19-17-31(18-20-32)43-47-36-13-7-8-14-38(36)54-43/h1-27,39H,(H,44,50)(H,45,51)(H,46,49)/b37-27-. The third kappa shape index (κ3) is 9.02. The van der Waals surface area contributed by atoms with Gasteiger partial charge in [-0.1, -0.05) is 60.7 Å². The van der Waals surface area contributed by atoms with Gasteiger partial charge < -0.3 is 20.4 Å². The molecule has 3 N–H and O–H groups in total. The number of non-ortho nitro benzene ring substituents is 1. The van der Waals surface area contributed by atoms with E-state index in [0.717, 1.165) is 21.5 Å². The van der Waals surface area contributed by atoms with Gasteiger partial charge in [-0.25, -0.2) is 4.98 Å². The van der Waals surface area contributed by atoms with Crippen LogP contribution < -0.4 is 16.0 Å². The lowest BCUT2D eigenvalue weighted by atomic mass is 10.1. The molecule has 12 heteroatoms. The van der Waals surface area contributed by atoms with E-state index in [0.29, 0.717) is 34.0 Å². The SMILES string of the molecule is O=C(Nc1ccc(SC(C(=O)Nc2ccc(-c3nc4ccccc4o3)cc2)c2ccccc2)cc1)/C(=C/c1ccc([N+](=O)[O-])cc1)NC(=O)c1ccccc1. The third-order valence-corrected chi connectivity index (χ3v) is 9.61. The molecule has 7 rings (SSSR count). The van der Waals surface area contributed by atoms with Crippen LogP contribution in [0.1, 0.15) is 26.7 Å². The maximum atomic E-state index is 13.8. The number of nitro groups is 1. The second kappa shape index (κ2) is 16.6. The first-order chi connectivity index (χ1) is 26.8. The van der Waals surface area contributed by atoms with E-state index in [1.165, 1.54) is 42.1 Å². The number of fused-ring (bicyclic) bond motifs is 1. The van der Waals surface area contributed by atoms with Gasteiger partial charge in [0.1, 0.15) is 16.5 Å². The highest BCUT2D eigenvalue weighted by molar-refractivity contribution is 8.00. The number of nitrogens with zero attached hydrogens (tertiary/aromatic N) is 2. The summed E-state index contributed by atoms with van der Waals surface area (Å²) in [6.07, 6.45) is 1.44. The lowest BCUT2D eigenvalue weighted by molar-refractivity contribution is -0.384. The number of nitrogens with one attached hydrogen (secondary N) is 3. The third-order valence-electron chi connectivity index (χ3n) is 8.34. The number of para-hydroxylation sites is 2. The van der Waals surface area contributed by atoms with Crippen molar-refractivity contribution in [3.63, 3.8) is 0 Å². The zero-order valence-electron chi connectivity index (χ0n) is 28.9. The number of thioether (sulfide) groups is 1. The molecule has 0 aliphatic heterocycles. The fourth-order valence-corrected chi connectivity index (χ4v) is 6.58. The summed E-state index contributed by atoms with van der Waals surface area (Å²) in [5.41, 5.74) is 4.75. The topological polar surface area (TPSA) is 156 Å². The molecule has 1 heterocycles. The second-order valence-corrected chi connectivity index (χ2v) is 13.3. The van der Waals surface area contributed by atoms with Crippen LogP contribution in [0.4, 0.5) is 17.1 Å². The molecule has 0 fully saturated rings. The lowest BCUT2D eigenvalue weighted by Crippen LogP contribution is -2.30. The van der Waals surface area contributed by atoms with Crippen molar-refractivity contribution in [2.75, 3.05) is 10.6 Å². The van der Waals surface area contributed by atoms with Crippen LogP contribution in [0.2, 0.25) is 0 Å². The van der Waals surface area contributed by atoms with E-state index in [1.54, 1.807) is 66.7 Å². The van der Waals surface area contributed by atoms with E-state index in [2.05, 4.69) is 20.9 Å². The average Bonchev–Trinajstić information content (AvgIpc) is 3.66. The number of oxazole rings is 1. The summed E-state index contributed by atoms with van der Waals surface area (Å²) in [4.78, 5) is 56.3. The predicted octanol–water partition coefficient (Wildman–Crippen LogP) is 9.28. The molecule has 0 aliphatic carbocycles. The second-order valence-electron chi connectivity index (χ2n) is 12.2. The zero-order chi connectivity index (χ0) is 38.1. The van der Waals surface area contributed by atoms with Gasteiger partial charge in [0.2, 0.25) is 11.8 Å². The van der Waals surface area contributed by atoms with Gasteiger partial charge in [0.05, 0.1) is 4.92 Å². The monoisotopic (exact) mass is 745 g/mol. The molecule has 3 amide bonds. The molecule has 270 valence electrons. The van der Waals surface area contributed by atoms with Gasteiger partial charge in [-0.2, -0.15) is 0 Å². The van der Waals surface area contributed by atoms with E-state index in [1.807, 2.05) is 66.7 Å². The minimum atomic E-state index is -0.609. The number of anilines is 2. The lowest BCUT2D eigenvalue weighted by Gasteiger charge is -2.18. The van der Waals surface area contributed by atoms with Crippen LogP contribution in [0.3, 0.4) is 0 Å². The van der Waals surface area contributed by atoms with E-state index in [-0.39, 0.29) is 17.3 Å². The van der Waals surface area contributed by atoms with E-state index >= 15 is 0 Å². The van der Waals surface area contributed by atoms with Crippen LogP contribution in [0, 0.1) is 10.1 Å². The summed E-state index contributed by atoms with van der Waals surface area (Å²) in [7, 11) is 0. The van der Waals surface area contributed by atoms with Crippen LogP contribution >= 0.6 is 11.8 Å². The molecule has 11 nitrogen and oxygen atoms in total. The Morgan fingerprint density at radius 2 is 1.33 bits per heavy atom. The number of hydrogen-bond donors (Lipinski definition) is 3.